The predicted molar refractivity (Wildman–Crippen MR) is 121 cm³/mol. The van der Waals surface area contributed by atoms with Crippen LogP contribution in [0, 0.1) is 0 Å². The van der Waals surface area contributed by atoms with Crippen LogP contribution in [-0.4, -0.2) is 43.4 Å². The van der Waals surface area contributed by atoms with E-state index >= 15 is 0 Å². The number of aromatic amines is 1. The molecule has 0 saturated heterocycles. The summed E-state index contributed by atoms with van der Waals surface area (Å²) < 4.78 is 1.46. The fourth-order valence-corrected chi connectivity index (χ4v) is 3.84. The van der Waals surface area contributed by atoms with Gasteiger partial charge in [0, 0.05) is 42.1 Å². The van der Waals surface area contributed by atoms with Gasteiger partial charge in [-0.1, -0.05) is 23.7 Å². The summed E-state index contributed by atoms with van der Waals surface area (Å²) in [5, 5.41) is 17.0. The summed E-state index contributed by atoms with van der Waals surface area (Å²) in [5.41, 5.74) is 8.19. The van der Waals surface area contributed by atoms with Crippen LogP contribution in [0.2, 0.25) is 5.15 Å². The lowest BCUT2D eigenvalue weighted by atomic mass is 9.93. The van der Waals surface area contributed by atoms with Gasteiger partial charge in [0.15, 0.2) is 11.0 Å². The molecule has 9 nitrogen and oxygen atoms in total. The number of aromatic nitrogens is 4. The number of benzene rings is 1. The quantitative estimate of drug-likeness (QED) is 0.252. The third-order valence-electron chi connectivity index (χ3n) is 5.41. The van der Waals surface area contributed by atoms with Crippen LogP contribution in [0.3, 0.4) is 0 Å². The first-order valence-corrected chi connectivity index (χ1v) is 10.7. The van der Waals surface area contributed by atoms with Crippen molar-refractivity contribution in [3.05, 3.63) is 58.0 Å². The SMILES string of the molecule is Nc1cccc(-c2c(Cl)nc(NC3CCC3)c(=O)n2CC(O)NCCc2cnc[nH]2)c1. The van der Waals surface area contributed by atoms with Crippen molar-refractivity contribution >= 4 is 23.1 Å². The number of aliphatic hydroxyl groups excluding tert-OH is 1. The molecule has 1 aromatic carbocycles. The molecular weight excluding hydrogens is 418 g/mol. The van der Waals surface area contributed by atoms with Crippen molar-refractivity contribution in [2.45, 2.75) is 44.5 Å². The Labute approximate surface area is 184 Å². The zero-order valence-corrected chi connectivity index (χ0v) is 17.8. The summed E-state index contributed by atoms with van der Waals surface area (Å²) in [4.78, 5) is 24.6. The number of aliphatic hydroxyl groups is 1. The van der Waals surface area contributed by atoms with Crippen LogP contribution in [0.15, 0.2) is 41.6 Å². The minimum absolute atomic E-state index is 0.00747. The number of imidazole rings is 1. The molecule has 1 unspecified atom stereocenters. The predicted octanol–water partition coefficient (Wildman–Crippen LogP) is 1.98. The maximum Gasteiger partial charge on any atom is 0.294 e. The Morgan fingerprint density at radius 1 is 1.39 bits per heavy atom. The highest BCUT2D eigenvalue weighted by molar-refractivity contribution is 6.32. The molecule has 10 heteroatoms. The Kier molecular flexibility index (Phi) is 6.55. The number of nitrogens with zero attached hydrogens (tertiary/aromatic N) is 3. The lowest BCUT2D eigenvalue weighted by Gasteiger charge is -2.27. The van der Waals surface area contributed by atoms with Crippen molar-refractivity contribution in [1.29, 1.82) is 0 Å². The molecule has 0 amide bonds. The van der Waals surface area contributed by atoms with E-state index in [1.54, 1.807) is 30.7 Å². The van der Waals surface area contributed by atoms with E-state index in [1.807, 2.05) is 6.07 Å². The molecule has 1 atom stereocenters. The fraction of sp³-hybridized carbons (Fsp3) is 0.381. The molecule has 1 aliphatic carbocycles. The first-order chi connectivity index (χ1) is 15.0. The van der Waals surface area contributed by atoms with Gasteiger partial charge in [0.2, 0.25) is 0 Å². The molecule has 0 aliphatic heterocycles. The molecule has 0 bridgehead atoms. The number of anilines is 2. The number of halogens is 1. The van der Waals surface area contributed by atoms with E-state index in [1.165, 1.54) is 4.57 Å². The number of nitrogens with two attached hydrogens (primary N) is 1. The highest BCUT2D eigenvalue weighted by Gasteiger charge is 2.23. The average molecular weight is 444 g/mol. The van der Waals surface area contributed by atoms with Gasteiger partial charge in [0.05, 0.1) is 18.6 Å². The van der Waals surface area contributed by atoms with Gasteiger partial charge in [-0.25, -0.2) is 9.97 Å². The summed E-state index contributed by atoms with van der Waals surface area (Å²) in [6.07, 6.45) is 6.16. The second kappa shape index (κ2) is 9.51. The molecule has 0 spiro atoms. The van der Waals surface area contributed by atoms with Gasteiger partial charge in [-0.3, -0.25) is 14.7 Å². The van der Waals surface area contributed by atoms with Gasteiger partial charge in [-0.05, 0) is 31.4 Å². The first kappa shape index (κ1) is 21.4. The lowest BCUT2D eigenvalue weighted by Crippen LogP contribution is -2.40. The largest absolute Gasteiger partial charge is 0.399 e. The lowest BCUT2D eigenvalue weighted by molar-refractivity contribution is 0.118. The fourth-order valence-electron chi connectivity index (χ4n) is 3.55. The number of hydrogen-bond donors (Lipinski definition) is 5. The molecule has 31 heavy (non-hydrogen) atoms. The Morgan fingerprint density at radius 2 is 2.23 bits per heavy atom. The third-order valence-corrected chi connectivity index (χ3v) is 5.68. The highest BCUT2D eigenvalue weighted by atomic mass is 35.5. The Balaban J connectivity index is 1.61. The summed E-state index contributed by atoms with van der Waals surface area (Å²) >= 11 is 6.53. The van der Waals surface area contributed by atoms with Gasteiger partial charge in [-0.2, -0.15) is 0 Å². The van der Waals surface area contributed by atoms with Crippen LogP contribution >= 0.6 is 11.6 Å². The third kappa shape index (κ3) is 5.07. The molecule has 1 saturated carbocycles. The minimum Gasteiger partial charge on any atom is -0.399 e. The Bertz CT molecular complexity index is 1080. The number of H-pyrrole nitrogens is 1. The first-order valence-electron chi connectivity index (χ1n) is 10.3. The number of nitrogens with one attached hydrogen (secondary N) is 3. The number of nitrogen functional groups attached to an aromatic ring is 1. The Morgan fingerprint density at radius 3 is 2.90 bits per heavy atom. The zero-order chi connectivity index (χ0) is 21.8. The molecule has 2 heterocycles. The molecule has 2 aromatic heterocycles. The van der Waals surface area contributed by atoms with Crippen LogP contribution in [-0.2, 0) is 13.0 Å². The second-order valence-electron chi connectivity index (χ2n) is 7.71. The summed E-state index contributed by atoms with van der Waals surface area (Å²) in [6, 6.07) is 7.31. The normalized spacial score (nSPS) is 14.9. The van der Waals surface area contributed by atoms with E-state index in [-0.39, 0.29) is 29.1 Å². The molecule has 164 valence electrons. The molecule has 1 fully saturated rings. The van der Waals surface area contributed by atoms with E-state index in [9.17, 15) is 9.90 Å². The monoisotopic (exact) mass is 443 g/mol. The van der Waals surface area contributed by atoms with Crippen LogP contribution in [0.25, 0.3) is 11.3 Å². The van der Waals surface area contributed by atoms with E-state index in [4.69, 9.17) is 17.3 Å². The topological polar surface area (TPSA) is 134 Å². The van der Waals surface area contributed by atoms with Crippen molar-refractivity contribution in [3.63, 3.8) is 0 Å². The smallest absolute Gasteiger partial charge is 0.294 e. The van der Waals surface area contributed by atoms with Crippen molar-refractivity contribution in [1.82, 2.24) is 24.8 Å². The molecule has 4 rings (SSSR count). The van der Waals surface area contributed by atoms with E-state index in [0.29, 0.717) is 29.9 Å². The van der Waals surface area contributed by atoms with Gasteiger partial charge in [0.25, 0.3) is 5.56 Å². The van der Waals surface area contributed by atoms with Crippen molar-refractivity contribution in [3.8, 4) is 11.3 Å². The summed E-state index contributed by atoms with van der Waals surface area (Å²) in [7, 11) is 0. The molecule has 6 N–H and O–H groups in total. The zero-order valence-electron chi connectivity index (χ0n) is 17.0. The van der Waals surface area contributed by atoms with Gasteiger partial charge in [0.1, 0.15) is 6.23 Å². The van der Waals surface area contributed by atoms with Crippen LogP contribution in [0.5, 0.6) is 0 Å². The minimum atomic E-state index is -0.963. The molecule has 1 aliphatic rings. The van der Waals surface area contributed by atoms with Crippen molar-refractivity contribution in [2.24, 2.45) is 0 Å². The van der Waals surface area contributed by atoms with Gasteiger partial charge in [-0.15, -0.1) is 0 Å². The van der Waals surface area contributed by atoms with Crippen LogP contribution in [0.1, 0.15) is 25.0 Å². The number of rotatable bonds is 9. The van der Waals surface area contributed by atoms with Gasteiger partial charge >= 0.3 is 0 Å². The average Bonchev–Trinajstić information content (AvgIpc) is 3.21. The second-order valence-corrected chi connectivity index (χ2v) is 8.07. The van der Waals surface area contributed by atoms with Crippen molar-refractivity contribution in [2.75, 3.05) is 17.6 Å². The van der Waals surface area contributed by atoms with Crippen molar-refractivity contribution < 1.29 is 5.11 Å². The van der Waals surface area contributed by atoms with Crippen LogP contribution in [0.4, 0.5) is 11.5 Å². The Hall–Kier alpha value is -2.88. The van der Waals surface area contributed by atoms with E-state index in [0.717, 1.165) is 25.0 Å². The highest BCUT2D eigenvalue weighted by Crippen LogP contribution is 2.29. The summed E-state index contributed by atoms with van der Waals surface area (Å²) in [5.74, 6) is 0.201. The summed E-state index contributed by atoms with van der Waals surface area (Å²) in [6.45, 7) is 0.519. The number of hydrogen-bond acceptors (Lipinski definition) is 7. The molecule has 0 radical (unpaired) electrons. The maximum absolute atomic E-state index is 13.3. The van der Waals surface area contributed by atoms with Crippen LogP contribution < -0.4 is 21.9 Å². The standard InChI is InChI=1S/C21H26ClN7O2/c22-19-18(13-3-1-4-14(23)9-13)29(21(31)20(28-19)27-15-5-2-6-15)11-17(30)25-8-7-16-10-24-12-26-16/h1,3-4,9-10,12,15,17,25,30H,2,5-8,11,23H2,(H,24,26)(H,27,28). The maximum atomic E-state index is 13.3. The van der Waals surface area contributed by atoms with Gasteiger partial charge < -0.3 is 21.1 Å². The molecule has 3 aromatic rings. The molecular formula is C21H26ClN7O2. The van der Waals surface area contributed by atoms with E-state index in [2.05, 4.69) is 25.6 Å². The van der Waals surface area contributed by atoms with E-state index < -0.39 is 6.23 Å².